The summed E-state index contributed by atoms with van der Waals surface area (Å²) in [6, 6.07) is 1.91. The van der Waals surface area contributed by atoms with Crippen molar-refractivity contribution in [3.63, 3.8) is 0 Å². The van der Waals surface area contributed by atoms with E-state index in [2.05, 4.69) is 41.4 Å². The molecule has 18 heavy (non-hydrogen) atoms. The summed E-state index contributed by atoms with van der Waals surface area (Å²) in [6.07, 6.45) is 2.64. The maximum absolute atomic E-state index is 5.49. The Kier molecular flexibility index (Phi) is 7.10. The second kappa shape index (κ2) is 8.69. The molecule has 0 radical (unpaired) electrons. The van der Waals surface area contributed by atoms with Gasteiger partial charge in [-0.05, 0) is 12.3 Å². The number of nitrogens with one attached hydrogen (secondary N) is 2. The molecule has 5 nitrogen and oxygen atoms in total. The molecule has 0 saturated carbocycles. The third-order valence-electron chi connectivity index (χ3n) is 2.23. The average molecular weight is 252 g/mol. The van der Waals surface area contributed by atoms with Gasteiger partial charge in [0.1, 0.15) is 18.0 Å². The Bertz CT molecular complexity index is 331. The van der Waals surface area contributed by atoms with Gasteiger partial charge in [0.05, 0.1) is 6.61 Å². The lowest BCUT2D eigenvalue weighted by Gasteiger charge is -2.09. The van der Waals surface area contributed by atoms with E-state index in [9.17, 15) is 0 Å². The molecule has 0 bridgehead atoms. The van der Waals surface area contributed by atoms with Crippen LogP contribution in [0.15, 0.2) is 12.4 Å². The summed E-state index contributed by atoms with van der Waals surface area (Å²) in [4.78, 5) is 8.31. The number of aromatic nitrogens is 2. The normalized spacial score (nSPS) is 10.7. The van der Waals surface area contributed by atoms with E-state index in [4.69, 9.17) is 4.74 Å². The first kappa shape index (κ1) is 14.7. The number of hydrogen-bond acceptors (Lipinski definition) is 5. The van der Waals surface area contributed by atoms with Crippen molar-refractivity contribution in [2.75, 3.05) is 36.9 Å². The SMILES string of the molecule is CCCNc1cc(NCCOCC(C)C)ncn1. The Hall–Kier alpha value is -1.36. The lowest BCUT2D eigenvalue weighted by Crippen LogP contribution is -2.13. The highest BCUT2D eigenvalue weighted by Crippen LogP contribution is 2.07. The van der Waals surface area contributed by atoms with E-state index in [0.717, 1.165) is 37.8 Å². The predicted molar refractivity (Wildman–Crippen MR) is 75.0 cm³/mol. The molecule has 0 aliphatic carbocycles. The molecule has 0 aliphatic rings. The summed E-state index contributed by atoms with van der Waals surface area (Å²) < 4.78 is 5.49. The summed E-state index contributed by atoms with van der Waals surface area (Å²) in [6.45, 7) is 9.59. The fraction of sp³-hybridized carbons (Fsp3) is 0.692. The zero-order valence-electron chi connectivity index (χ0n) is 11.6. The predicted octanol–water partition coefficient (Wildman–Crippen LogP) is 2.38. The number of ether oxygens (including phenoxy) is 1. The largest absolute Gasteiger partial charge is 0.379 e. The van der Waals surface area contributed by atoms with Crippen molar-refractivity contribution in [1.29, 1.82) is 0 Å². The van der Waals surface area contributed by atoms with Gasteiger partial charge in [-0.25, -0.2) is 9.97 Å². The lowest BCUT2D eigenvalue weighted by molar-refractivity contribution is 0.118. The van der Waals surface area contributed by atoms with E-state index in [0.29, 0.717) is 12.5 Å². The number of anilines is 2. The molecule has 0 atom stereocenters. The van der Waals surface area contributed by atoms with Crippen molar-refractivity contribution in [3.8, 4) is 0 Å². The van der Waals surface area contributed by atoms with Gasteiger partial charge in [0.2, 0.25) is 0 Å². The second-order valence-corrected chi connectivity index (χ2v) is 4.61. The van der Waals surface area contributed by atoms with Crippen LogP contribution in [0.3, 0.4) is 0 Å². The van der Waals surface area contributed by atoms with Crippen molar-refractivity contribution < 1.29 is 4.74 Å². The van der Waals surface area contributed by atoms with Gasteiger partial charge >= 0.3 is 0 Å². The van der Waals surface area contributed by atoms with Crippen LogP contribution in [0.5, 0.6) is 0 Å². The van der Waals surface area contributed by atoms with Crippen LogP contribution in [0.2, 0.25) is 0 Å². The Labute approximate surface area is 109 Å². The maximum Gasteiger partial charge on any atom is 0.131 e. The molecule has 0 amide bonds. The van der Waals surface area contributed by atoms with Crippen LogP contribution in [-0.2, 0) is 4.74 Å². The molecule has 0 spiro atoms. The van der Waals surface area contributed by atoms with E-state index in [1.165, 1.54) is 0 Å². The molecule has 0 saturated heterocycles. The molecule has 102 valence electrons. The van der Waals surface area contributed by atoms with Crippen molar-refractivity contribution in [1.82, 2.24) is 9.97 Å². The molecule has 5 heteroatoms. The third-order valence-corrected chi connectivity index (χ3v) is 2.23. The van der Waals surface area contributed by atoms with Gasteiger partial charge in [-0.1, -0.05) is 20.8 Å². The first-order valence-corrected chi connectivity index (χ1v) is 6.60. The highest BCUT2D eigenvalue weighted by molar-refractivity contribution is 5.46. The van der Waals surface area contributed by atoms with Crippen molar-refractivity contribution in [2.24, 2.45) is 5.92 Å². The van der Waals surface area contributed by atoms with Crippen LogP contribution < -0.4 is 10.6 Å². The van der Waals surface area contributed by atoms with Crippen molar-refractivity contribution >= 4 is 11.6 Å². The van der Waals surface area contributed by atoms with E-state index < -0.39 is 0 Å². The fourth-order valence-electron chi connectivity index (χ4n) is 1.37. The molecule has 0 aromatic carbocycles. The smallest absolute Gasteiger partial charge is 0.131 e. The zero-order valence-corrected chi connectivity index (χ0v) is 11.6. The van der Waals surface area contributed by atoms with Gasteiger partial charge in [0.15, 0.2) is 0 Å². The van der Waals surface area contributed by atoms with E-state index in [-0.39, 0.29) is 0 Å². The fourth-order valence-corrected chi connectivity index (χ4v) is 1.37. The van der Waals surface area contributed by atoms with Gasteiger partial charge < -0.3 is 15.4 Å². The minimum absolute atomic E-state index is 0.578. The van der Waals surface area contributed by atoms with Crippen LogP contribution in [0.1, 0.15) is 27.2 Å². The third kappa shape index (κ3) is 6.39. The highest BCUT2D eigenvalue weighted by Gasteiger charge is 1.98. The van der Waals surface area contributed by atoms with Gasteiger partial charge in [-0.3, -0.25) is 0 Å². The summed E-state index contributed by atoms with van der Waals surface area (Å²) in [7, 11) is 0. The minimum Gasteiger partial charge on any atom is -0.379 e. The van der Waals surface area contributed by atoms with Crippen LogP contribution in [0.4, 0.5) is 11.6 Å². The Morgan fingerprint density at radius 3 is 2.44 bits per heavy atom. The van der Waals surface area contributed by atoms with Gasteiger partial charge in [-0.15, -0.1) is 0 Å². The molecule has 2 N–H and O–H groups in total. The number of nitrogens with zero attached hydrogens (tertiary/aromatic N) is 2. The average Bonchev–Trinajstić information content (AvgIpc) is 2.36. The Morgan fingerprint density at radius 2 is 1.83 bits per heavy atom. The Morgan fingerprint density at radius 1 is 1.17 bits per heavy atom. The molecular formula is C13H24N4O. The molecule has 0 unspecified atom stereocenters. The molecule has 1 rings (SSSR count). The number of hydrogen-bond donors (Lipinski definition) is 2. The first-order chi connectivity index (χ1) is 8.72. The van der Waals surface area contributed by atoms with Gasteiger partial charge in [0, 0.05) is 25.8 Å². The summed E-state index contributed by atoms with van der Waals surface area (Å²) in [5, 5.41) is 6.45. The standard InChI is InChI=1S/C13H24N4O/c1-4-5-14-12-8-13(17-10-16-12)15-6-7-18-9-11(2)3/h8,10-11H,4-7,9H2,1-3H3,(H2,14,15,16,17). The number of rotatable bonds is 9. The molecular weight excluding hydrogens is 228 g/mol. The highest BCUT2D eigenvalue weighted by atomic mass is 16.5. The van der Waals surface area contributed by atoms with E-state index in [1.54, 1.807) is 6.33 Å². The lowest BCUT2D eigenvalue weighted by atomic mass is 10.2. The molecule has 0 aliphatic heterocycles. The van der Waals surface area contributed by atoms with Gasteiger partial charge in [0.25, 0.3) is 0 Å². The summed E-state index contributed by atoms with van der Waals surface area (Å²) in [5.74, 6) is 2.27. The summed E-state index contributed by atoms with van der Waals surface area (Å²) in [5.41, 5.74) is 0. The maximum atomic E-state index is 5.49. The van der Waals surface area contributed by atoms with Crippen LogP contribution in [-0.4, -0.2) is 36.3 Å². The molecule has 1 heterocycles. The monoisotopic (exact) mass is 252 g/mol. The van der Waals surface area contributed by atoms with Gasteiger partial charge in [-0.2, -0.15) is 0 Å². The molecule has 0 fully saturated rings. The topological polar surface area (TPSA) is 59.1 Å². The van der Waals surface area contributed by atoms with E-state index in [1.807, 2.05) is 6.07 Å². The first-order valence-electron chi connectivity index (χ1n) is 6.60. The summed E-state index contributed by atoms with van der Waals surface area (Å²) >= 11 is 0. The quantitative estimate of drug-likeness (QED) is 0.661. The van der Waals surface area contributed by atoms with Crippen molar-refractivity contribution in [3.05, 3.63) is 12.4 Å². The Balaban J connectivity index is 2.24. The van der Waals surface area contributed by atoms with E-state index >= 15 is 0 Å². The minimum atomic E-state index is 0.578. The molecule has 1 aromatic heterocycles. The van der Waals surface area contributed by atoms with Crippen LogP contribution >= 0.6 is 0 Å². The van der Waals surface area contributed by atoms with Crippen LogP contribution in [0.25, 0.3) is 0 Å². The molecule has 1 aromatic rings. The van der Waals surface area contributed by atoms with Crippen molar-refractivity contribution in [2.45, 2.75) is 27.2 Å². The van der Waals surface area contributed by atoms with Crippen LogP contribution in [0, 0.1) is 5.92 Å². The zero-order chi connectivity index (χ0) is 13.2. The second-order valence-electron chi connectivity index (χ2n) is 4.61.